The summed E-state index contributed by atoms with van der Waals surface area (Å²) >= 11 is 5.99. The summed E-state index contributed by atoms with van der Waals surface area (Å²) in [5.74, 6) is -0.103. The molecule has 0 aliphatic carbocycles. The Morgan fingerprint density at radius 2 is 2.12 bits per heavy atom. The molecule has 2 aromatic rings. The van der Waals surface area contributed by atoms with Gasteiger partial charge in [0.25, 0.3) is 0 Å². The van der Waals surface area contributed by atoms with Gasteiger partial charge in [0, 0.05) is 0 Å². The molecule has 0 spiro atoms. The number of rotatable bonds is 2. The number of aromatic nitrogens is 2. The largest absolute Gasteiger partial charge is 0.506 e. The lowest BCUT2D eigenvalue weighted by atomic mass is 10.2. The molecule has 4 nitrogen and oxygen atoms in total. The second-order valence-corrected chi connectivity index (χ2v) is 3.66. The maximum Gasteiger partial charge on any atom is 0.164 e. The molecule has 1 aromatic carbocycles. The van der Waals surface area contributed by atoms with Crippen molar-refractivity contribution in [1.29, 1.82) is 0 Å². The Hall–Kier alpha value is -1.81. The highest BCUT2D eigenvalue weighted by Gasteiger charge is 2.14. The molecule has 0 unspecified atom stereocenters. The number of Topliss-reactive ketones (excluding diaryl/α,β-unsaturated/α-hetero) is 1. The van der Waals surface area contributed by atoms with Crippen molar-refractivity contribution in [1.82, 2.24) is 9.78 Å². The fourth-order valence-corrected chi connectivity index (χ4v) is 1.70. The van der Waals surface area contributed by atoms with E-state index in [2.05, 4.69) is 5.10 Å². The topological polar surface area (TPSA) is 55.1 Å². The first-order chi connectivity index (χ1) is 7.61. The van der Waals surface area contributed by atoms with E-state index >= 15 is 0 Å². The molecular weight excluding hydrogens is 228 g/mol. The smallest absolute Gasteiger partial charge is 0.164 e. The molecule has 1 aromatic heterocycles. The van der Waals surface area contributed by atoms with Gasteiger partial charge in [-0.15, -0.1) is 0 Å². The van der Waals surface area contributed by atoms with Gasteiger partial charge in [0.1, 0.15) is 16.6 Å². The van der Waals surface area contributed by atoms with Crippen LogP contribution < -0.4 is 0 Å². The maximum absolute atomic E-state index is 11.2. The number of phenolic OH excluding ortho intramolecular Hbond substituents is 1. The van der Waals surface area contributed by atoms with Gasteiger partial charge in [0.05, 0.1) is 11.8 Å². The van der Waals surface area contributed by atoms with E-state index < -0.39 is 0 Å². The number of hydrogen-bond donors (Lipinski definition) is 1. The van der Waals surface area contributed by atoms with E-state index in [-0.39, 0.29) is 16.7 Å². The van der Waals surface area contributed by atoms with Crippen LogP contribution >= 0.6 is 11.6 Å². The van der Waals surface area contributed by atoms with Crippen molar-refractivity contribution < 1.29 is 9.90 Å². The van der Waals surface area contributed by atoms with Crippen LogP contribution in [0.4, 0.5) is 0 Å². The zero-order valence-corrected chi connectivity index (χ0v) is 9.27. The number of carbonyl (C=O) groups is 1. The first-order valence-electron chi connectivity index (χ1n) is 4.64. The first kappa shape index (κ1) is 10.7. The molecule has 1 N–H and O–H groups in total. The van der Waals surface area contributed by atoms with Crippen molar-refractivity contribution >= 4 is 17.4 Å². The second-order valence-electron chi connectivity index (χ2n) is 3.31. The molecule has 2 rings (SSSR count). The summed E-state index contributed by atoms with van der Waals surface area (Å²) in [5.41, 5.74) is 0.782. The standard InChI is InChI=1S/C11H9ClN2O2/c1-7(15)8-6-13-14(11(8)12)9-4-2-3-5-10(9)16/h2-6,16H,1H3. The van der Waals surface area contributed by atoms with Gasteiger partial charge in [-0.1, -0.05) is 23.7 Å². The maximum atomic E-state index is 11.2. The van der Waals surface area contributed by atoms with Gasteiger partial charge >= 0.3 is 0 Å². The van der Waals surface area contributed by atoms with Crippen molar-refractivity contribution in [3.63, 3.8) is 0 Å². The lowest BCUT2D eigenvalue weighted by Gasteiger charge is -2.05. The fourth-order valence-electron chi connectivity index (χ4n) is 1.38. The van der Waals surface area contributed by atoms with Gasteiger partial charge < -0.3 is 5.11 Å². The lowest BCUT2D eigenvalue weighted by molar-refractivity contribution is 0.101. The van der Waals surface area contributed by atoms with Crippen molar-refractivity contribution in [2.45, 2.75) is 6.92 Å². The van der Waals surface area contributed by atoms with Crippen LogP contribution in [-0.2, 0) is 0 Å². The summed E-state index contributed by atoms with van der Waals surface area (Å²) < 4.78 is 1.33. The van der Waals surface area contributed by atoms with E-state index in [1.54, 1.807) is 18.2 Å². The number of halogens is 1. The number of aromatic hydroxyl groups is 1. The molecule has 5 heteroatoms. The zero-order valence-electron chi connectivity index (χ0n) is 8.51. The Morgan fingerprint density at radius 3 is 2.69 bits per heavy atom. The van der Waals surface area contributed by atoms with Crippen LogP contribution in [0.1, 0.15) is 17.3 Å². The monoisotopic (exact) mass is 236 g/mol. The number of hydrogen-bond acceptors (Lipinski definition) is 3. The highest BCUT2D eigenvalue weighted by molar-refractivity contribution is 6.33. The third-order valence-electron chi connectivity index (χ3n) is 2.20. The van der Waals surface area contributed by atoms with Crippen molar-refractivity contribution in [3.05, 3.63) is 41.2 Å². The highest BCUT2D eigenvalue weighted by atomic mass is 35.5. The van der Waals surface area contributed by atoms with Gasteiger partial charge in [-0.05, 0) is 19.1 Å². The zero-order chi connectivity index (χ0) is 11.7. The summed E-state index contributed by atoms with van der Waals surface area (Å²) in [5, 5.41) is 13.8. The lowest BCUT2D eigenvalue weighted by Crippen LogP contribution is -1.98. The van der Waals surface area contributed by atoms with Crippen LogP contribution in [0, 0.1) is 0 Å². The molecule has 82 valence electrons. The Morgan fingerprint density at radius 1 is 1.44 bits per heavy atom. The molecule has 0 fully saturated rings. The predicted molar refractivity (Wildman–Crippen MR) is 60.2 cm³/mol. The number of nitrogens with zero attached hydrogens (tertiary/aromatic N) is 2. The first-order valence-corrected chi connectivity index (χ1v) is 5.02. The van der Waals surface area contributed by atoms with Crippen LogP contribution in [0.5, 0.6) is 5.75 Å². The molecule has 16 heavy (non-hydrogen) atoms. The minimum atomic E-state index is -0.160. The third kappa shape index (κ3) is 1.67. The van der Waals surface area contributed by atoms with Crippen molar-refractivity contribution in [2.75, 3.05) is 0 Å². The number of para-hydroxylation sites is 2. The molecule has 0 atom stereocenters. The Bertz CT molecular complexity index is 549. The minimum absolute atomic E-state index is 0.0580. The summed E-state index contributed by atoms with van der Waals surface area (Å²) in [6.07, 6.45) is 1.39. The average molecular weight is 237 g/mol. The van der Waals surface area contributed by atoms with Crippen LogP contribution in [0.2, 0.25) is 5.15 Å². The normalized spacial score (nSPS) is 10.4. The van der Waals surface area contributed by atoms with E-state index in [0.29, 0.717) is 11.3 Å². The van der Waals surface area contributed by atoms with Crippen LogP contribution in [0.25, 0.3) is 5.69 Å². The Labute approximate surface area is 97.1 Å². The number of benzene rings is 1. The molecular formula is C11H9ClN2O2. The molecule has 1 heterocycles. The predicted octanol–water partition coefficient (Wildman–Crippen LogP) is 2.43. The van der Waals surface area contributed by atoms with Gasteiger partial charge in [-0.2, -0.15) is 5.10 Å². The van der Waals surface area contributed by atoms with E-state index in [1.165, 1.54) is 23.9 Å². The summed E-state index contributed by atoms with van der Waals surface area (Å²) in [6.45, 7) is 1.41. The highest BCUT2D eigenvalue weighted by Crippen LogP contribution is 2.26. The number of carbonyl (C=O) groups excluding carboxylic acids is 1. The number of phenols is 1. The molecule has 0 saturated carbocycles. The van der Waals surface area contributed by atoms with Gasteiger partial charge in [-0.3, -0.25) is 4.79 Å². The Balaban J connectivity index is 2.58. The van der Waals surface area contributed by atoms with E-state index in [0.717, 1.165) is 0 Å². The molecule has 0 radical (unpaired) electrons. The minimum Gasteiger partial charge on any atom is -0.506 e. The fraction of sp³-hybridized carbons (Fsp3) is 0.0909. The van der Waals surface area contributed by atoms with Crippen molar-refractivity contribution in [3.8, 4) is 11.4 Å². The average Bonchev–Trinajstić information content (AvgIpc) is 2.61. The quantitative estimate of drug-likeness (QED) is 0.815. The molecule has 0 saturated heterocycles. The van der Waals surface area contributed by atoms with Crippen LogP contribution in [0.15, 0.2) is 30.5 Å². The SMILES string of the molecule is CC(=O)c1cnn(-c2ccccc2O)c1Cl. The molecule has 0 aliphatic heterocycles. The second kappa shape index (κ2) is 3.98. The van der Waals surface area contributed by atoms with Crippen molar-refractivity contribution in [2.24, 2.45) is 0 Å². The van der Waals surface area contributed by atoms with Crippen LogP contribution in [-0.4, -0.2) is 20.7 Å². The number of ketones is 1. The van der Waals surface area contributed by atoms with Gasteiger partial charge in [0.15, 0.2) is 5.78 Å². The summed E-state index contributed by atoms with van der Waals surface area (Å²) in [6, 6.07) is 6.64. The molecule has 0 aliphatic rings. The van der Waals surface area contributed by atoms with E-state index in [9.17, 15) is 9.90 Å². The molecule has 0 amide bonds. The third-order valence-corrected chi connectivity index (χ3v) is 2.56. The molecule has 0 bridgehead atoms. The van der Waals surface area contributed by atoms with Gasteiger partial charge in [-0.25, -0.2) is 4.68 Å². The Kier molecular flexibility index (Phi) is 2.66. The van der Waals surface area contributed by atoms with E-state index in [4.69, 9.17) is 11.6 Å². The van der Waals surface area contributed by atoms with Crippen LogP contribution in [0.3, 0.4) is 0 Å². The van der Waals surface area contributed by atoms with E-state index in [1.807, 2.05) is 0 Å². The summed E-state index contributed by atoms with van der Waals surface area (Å²) in [7, 11) is 0. The summed E-state index contributed by atoms with van der Waals surface area (Å²) in [4.78, 5) is 11.2. The van der Waals surface area contributed by atoms with Gasteiger partial charge in [0.2, 0.25) is 0 Å².